The van der Waals surface area contributed by atoms with Gasteiger partial charge in [-0.15, -0.1) is 6.58 Å². The molecule has 0 aliphatic heterocycles. The summed E-state index contributed by atoms with van der Waals surface area (Å²) in [5, 5.41) is 0. The fraction of sp³-hybridized carbons (Fsp3) is 0.133. The molecule has 0 N–H and O–H groups in total. The zero-order chi connectivity index (χ0) is 13.1. The minimum absolute atomic E-state index is 0.551. The molecule has 2 nitrogen and oxygen atoms in total. The summed E-state index contributed by atoms with van der Waals surface area (Å²) in [6.07, 6.45) is 6.13. The van der Waals surface area contributed by atoms with Crippen LogP contribution in [0.2, 0.25) is 0 Å². The van der Waals surface area contributed by atoms with E-state index in [9.17, 15) is 4.79 Å². The van der Waals surface area contributed by atoms with Crippen LogP contribution in [0.3, 0.4) is 0 Å². The van der Waals surface area contributed by atoms with Gasteiger partial charge in [0.05, 0.1) is 0 Å². The Morgan fingerprint density at radius 2 is 2.00 bits per heavy atom. The number of aldehydes is 1. The van der Waals surface area contributed by atoms with E-state index in [-0.39, 0.29) is 0 Å². The molecule has 0 aliphatic rings. The van der Waals surface area contributed by atoms with Crippen molar-refractivity contribution in [2.24, 2.45) is 0 Å². The van der Waals surface area contributed by atoms with Crippen LogP contribution in [0.1, 0.15) is 24.2 Å². The molecule has 0 fully saturated rings. The minimum Gasteiger partial charge on any atom is -0.458 e. The van der Waals surface area contributed by atoms with Gasteiger partial charge < -0.3 is 4.74 Å². The summed E-state index contributed by atoms with van der Waals surface area (Å²) < 4.78 is 5.36. The Morgan fingerprint density at radius 1 is 1.35 bits per heavy atom. The highest BCUT2D eigenvalue weighted by molar-refractivity contribution is 5.75. The van der Waals surface area contributed by atoms with Crippen molar-refractivity contribution >= 4 is 6.29 Å². The minimum atomic E-state index is 0.551. The molecule has 1 aromatic rings. The summed E-state index contributed by atoms with van der Waals surface area (Å²) in [6.45, 7) is 10.8. The lowest BCUT2D eigenvalue weighted by atomic mass is 10.2. The van der Waals surface area contributed by atoms with Crippen LogP contribution in [-0.2, 0) is 0 Å². The standard InChI is InChI=1S/C12H12O2.C3H6/c1-3-5-10(2)14-12-7-4-6-11(8-12)9-13;1-3-2/h3-9H,2H2,1H3;3H,1H2,2H3/b5-3-;. The molecule has 90 valence electrons. The summed E-state index contributed by atoms with van der Waals surface area (Å²) in [7, 11) is 0. The van der Waals surface area contributed by atoms with Crippen molar-refractivity contribution in [2.75, 3.05) is 0 Å². The molecule has 0 amide bonds. The molecule has 1 rings (SSSR count). The fourth-order valence-corrected chi connectivity index (χ4v) is 1.02. The molecule has 0 spiro atoms. The van der Waals surface area contributed by atoms with E-state index >= 15 is 0 Å². The SMILES string of the molecule is C=C(/C=C\C)Oc1cccc(C=O)c1.C=CC. The lowest BCUT2D eigenvalue weighted by Crippen LogP contribution is -1.90. The Kier molecular flexibility index (Phi) is 8.03. The first-order chi connectivity index (χ1) is 8.17. The van der Waals surface area contributed by atoms with E-state index in [4.69, 9.17) is 4.74 Å². The number of benzene rings is 1. The van der Waals surface area contributed by atoms with Gasteiger partial charge in [0.25, 0.3) is 0 Å². The van der Waals surface area contributed by atoms with Gasteiger partial charge in [-0.25, -0.2) is 0 Å². The van der Waals surface area contributed by atoms with Gasteiger partial charge >= 0.3 is 0 Å². The molecule has 0 saturated carbocycles. The van der Waals surface area contributed by atoms with Crippen molar-refractivity contribution < 1.29 is 9.53 Å². The molecule has 2 heteroatoms. The number of carbonyl (C=O) groups excluding carboxylic acids is 1. The zero-order valence-electron chi connectivity index (χ0n) is 10.3. The van der Waals surface area contributed by atoms with Crippen LogP contribution in [0.15, 0.2) is 61.4 Å². The Bertz CT molecular complexity index is 403. The van der Waals surface area contributed by atoms with Crippen LogP contribution in [0, 0.1) is 0 Å². The molecule has 0 aromatic heterocycles. The highest BCUT2D eigenvalue weighted by Gasteiger charge is 1.96. The van der Waals surface area contributed by atoms with Gasteiger partial charge in [0, 0.05) is 5.56 Å². The maximum Gasteiger partial charge on any atom is 0.150 e. The second-order valence-corrected chi connectivity index (χ2v) is 3.17. The Morgan fingerprint density at radius 3 is 2.53 bits per heavy atom. The predicted molar refractivity (Wildman–Crippen MR) is 72.3 cm³/mol. The number of hydrogen-bond donors (Lipinski definition) is 0. The van der Waals surface area contributed by atoms with Crippen molar-refractivity contribution in [2.45, 2.75) is 13.8 Å². The molecular formula is C15H18O2. The third-order valence-corrected chi connectivity index (χ3v) is 1.60. The van der Waals surface area contributed by atoms with Gasteiger partial charge in [0.1, 0.15) is 17.8 Å². The molecule has 0 bridgehead atoms. The van der Waals surface area contributed by atoms with Crippen molar-refractivity contribution in [1.29, 1.82) is 0 Å². The number of carbonyl (C=O) groups is 1. The smallest absolute Gasteiger partial charge is 0.150 e. The van der Waals surface area contributed by atoms with Gasteiger partial charge in [0.2, 0.25) is 0 Å². The van der Waals surface area contributed by atoms with E-state index in [2.05, 4.69) is 13.2 Å². The van der Waals surface area contributed by atoms with Crippen LogP contribution >= 0.6 is 0 Å². The van der Waals surface area contributed by atoms with Crippen molar-refractivity contribution in [3.63, 3.8) is 0 Å². The van der Waals surface area contributed by atoms with Gasteiger partial charge in [0.15, 0.2) is 0 Å². The average molecular weight is 230 g/mol. The maximum atomic E-state index is 10.5. The molecule has 1 aromatic carbocycles. The Balaban J connectivity index is 0.000000770. The lowest BCUT2D eigenvalue weighted by molar-refractivity contribution is 0.112. The first-order valence-corrected chi connectivity index (χ1v) is 5.29. The molecule has 17 heavy (non-hydrogen) atoms. The predicted octanol–water partition coefficient (Wildman–Crippen LogP) is 4.16. The Hall–Kier alpha value is -2.09. The van der Waals surface area contributed by atoms with Crippen LogP contribution < -0.4 is 4.74 Å². The second kappa shape index (κ2) is 9.16. The summed E-state index contributed by atoms with van der Waals surface area (Å²) >= 11 is 0. The summed E-state index contributed by atoms with van der Waals surface area (Å²) in [4.78, 5) is 10.5. The van der Waals surface area contributed by atoms with E-state index in [1.165, 1.54) is 0 Å². The summed E-state index contributed by atoms with van der Waals surface area (Å²) in [6, 6.07) is 6.93. The molecule has 0 saturated heterocycles. The normalized spacial score (nSPS) is 9.06. The van der Waals surface area contributed by atoms with E-state index in [1.807, 2.05) is 19.9 Å². The summed E-state index contributed by atoms with van der Waals surface area (Å²) in [5.74, 6) is 1.17. The highest BCUT2D eigenvalue weighted by Crippen LogP contribution is 2.14. The first-order valence-electron chi connectivity index (χ1n) is 5.29. The van der Waals surface area contributed by atoms with Crippen LogP contribution in [-0.4, -0.2) is 6.29 Å². The van der Waals surface area contributed by atoms with E-state index in [0.29, 0.717) is 17.1 Å². The maximum absolute atomic E-state index is 10.5. The van der Waals surface area contributed by atoms with Crippen molar-refractivity contribution in [3.05, 3.63) is 67.0 Å². The van der Waals surface area contributed by atoms with E-state index in [1.54, 1.807) is 36.4 Å². The van der Waals surface area contributed by atoms with Gasteiger partial charge in [-0.3, -0.25) is 4.79 Å². The van der Waals surface area contributed by atoms with E-state index in [0.717, 1.165) is 6.29 Å². The monoisotopic (exact) mass is 230 g/mol. The van der Waals surface area contributed by atoms with Crippen molar-refractivity contribution in [1.82, 2.24) is 0 Å². The number of allylic oxidation sites excluding steroid dienone is 3. The third-order valence-electron chi connectivity index (χ3n) is 1.60. The fourth-order valence-electron chi connectivity index (χ4n) is 1.02. The largest absolute Gasteiger partial charge is 0.458 e. The number of rotatable bonds is 4. The molecular weight excluding hydrogens is 212 g/mol. The third kappa shape index (κ3) is 6.90. The van der Waals surface area contributed by atoms with Gasteiger partial charge in [-0.05, 0) is 32.1 Å². The number of hydrogen-bond acceptors (Lipinski definition) is 2. The van der Waals surface area contributed by atoms with E-state index < -0.39 is 0 Å². The molecule has 0 radical (unpaired) electrons. The van der Waals surface area contributed by atoms with Crippen LogP contribution in [0.5, 0.6) is 5.75 Å². The lowest BCUT2D eigenvalue weighted by Gasteiger charge is -2.04. The Labute approximate surface area is 103 Å². The second-order valence-electron chi connectivity index (χ2n) is 3.17. The molecule has 0 aliphatic carbocycles. The highest BCUT2D eigenvalue weighted by atomic mass is 16.5. The first kappa shape index (κ1) is 14.9. The summed E-state index contributed by atoms with van der Waals surface area (Å²) in [5.41, 5.74) is 0.593. The quantitative estimate of drug-likeness (QED) is 0.336. The zero-order valence-corrected chi connectivity index (χ0v) is 10.3. The molecule has 0 heterocycles. The van der Waals surface area contributed by atoms with Crippen LogP contribution in [0.4, 0.5) is 0 Å². The van der Waals surface area contributed by atoms with Gasteiger partial charge in [-0.2, -0.15) is 0 Å². The number of ether oxygens (including phenoxy) is 1. The average Bonchev–Trinajstić information content (AvgIpc) is 2.30. The molecule has 0 atom stereocenters. The van der Waals surface area contributed by atoms with Gasteiger partial charge in [-0.1, -0.05) is 30.9 Å². The molecule has 0 unspecified atom stereocenters. The van der Waals surface area contributed by atoms with Crippen molar-refractivity contribution in [3.8, 4) is 5.75 Å². The van der Waals surface area contributed by atoms with Crippen LogP contribution in [0.25, 0.3) is 0 Å². The topological polar surface area (TPSA) is 26.3 Å².